The number of carboxylic acids is 1. The molecule has 1 aromatic rings. The van der Waals surface area contributed by atoms with Crippen LogP contribution < -0.4 is 0 Å². The Morgan fingerprint density at radius 1 is 1.19 bits per heavy atom. The highest BCUT2D eigenvalue weighted by atomic mass is 19.4. The van der Waals surface area contributed by atoms with Gasteiger partial charge in [-0.15, -0.1) is 0 Å². The smallest absolute Gasteiger partial charge is 0.475 e. The van der Waals surface area contributed by atoms with Gasteiger partial charge >= 0.3 is 12.1 Å². The first-order valence-corrected chi connectivity index (χ1v) is 10.6. The molecule has 3 aliphatic heterocycles. The minimum absolute atomic E-state index is 0.0752. The third kappa shape index (κ3) is 6.38. The van der Waals surface area contributed by atoms with Crippen LogP contribution in [0.2, 0.25) is 0 Å². The topological polar surface area (TPSA) is 83.0 Å². The molecule has 1 amide bonds. The monoisotopic (exact) mass is 461 g/mol. The summed E-state index contributed by atoms with van der Waals surface area (Å²) in [5.41, 5.74) is 1.20. The van der Waals surface area contributed by atoms with Crippen molar-refractivity contribution in [3.8, 4) is 0 Å². The predicted octanol–water partition coefficient (Wildman–Crippen LogP) is 2.37. The van der Waals surface area contributed by atoms with E-state index >= 15 is 0 Å². The Morgan fingerprint density at radius 2 is 1.88 bits per heavy atom. The number of rotatable bonds is 3. The molecule has 178 valence electrons. The molecular formula is C21H27F4N3O4. The maximum atomic E-state index is 13.4. The Bertz CT molecular complexity index is 772. The van der Waals surface area contributed by atoms with Gasteiger partial charge in [-0.3, -0.25) is 14.7 Å². The summed E-state index contributed by atoms with van der Waals surface area (Å²) in [5.74, 6) is -1.90. The molecule has 4 heterocycles. The standard InChI is InChI=1S/C19H26FN3O2.C2HF3O2/c20-16-3-6-23(7-4-16)19(24)18-13-25-12-15-10-22(11-17(15)18)9-14-2-1-5-21-8-14;3-2(4,5)1(6)7/h1-2,5,8,15-18H,3-4,6-7,9-13H2;(H,6,7)/t15-,17-,18-;/m1./s1. The average molecular weight is 461 g/mol. The quantitative estimate of drug-likeness (QED) is 0.696. The lowest BCUT2D eigenvalue weighted by Gasteiger charge is -2.37. The van der Waals surface area contributed by atoms with Crippen molar-refractivity contribution < 1.29 is 37.0 Å². The van der Waals surface area contributed by atoms with E-state index in [4.69, 9.17) is 14.6 Å². The zero-order chi connectivity index (χ0) is 23.3. The molecule has 0 aromatic carbocycles. The molecule has 4 rings (SSSR count). The number of amides is 1. The van der Waals surface area contributed by atoms with Crippen LogP contribution in [-0.4, -0.2) is 83.5 Å². The van der Waals surface area contributed by atoms with Gasteiger partial charge in [0.1, 0.15) is 6.17 Å². The van der Waals surface area contributed by atoms with Crippen molar-refractivity contribution in [3.05, 3.63) is 30.1 Å². The van der Waals surface area contributed by atoms with Gasteiger partial charge in [-0.05, 0) is 36.3 Å². The van der Waals surface area contributed by atoms with Crippen molar-refractivity contribution in [2.24, 2.45) is 17.8 Å². The molecule has 0 radical (unpaired) electrons. The van der Waals surface area contributed by atoms with Crippen LogP contribution in [0, 0.1) is 17.8 Å². The molecule has 1 aromatic heterocycles. The van der Waals surface area contributed by atoms with E-state index in [0.29, 0.717) is 44.4 Å². The molecule has 0 aliphatic carbocycles. The summed E-state index contributed by atoms with van der Waals surface area (Å²) in [6.45, 7) is 5.12. The van der Waals surface area contributed by atoms with Crippen LogP contribution in [0.5, 0.6) is 0 Å². The van der Waals surface area contributed by atoms with Gasteiger partial charge in [-0.1, -0.05) is 6.07 Å². The lowest BCUT2D eigenvalue weighted by molar-refractivity contribution is -0.192. The summed E-state index contributed by atoms with van der Waals surface area (Å²) in [4.78, 5) is 30.3. The van der Waals surface area contributed by atoms with Crippen LogP contribution in [0.3, 0.4) is 0 Å². The first-order valence-electron chi connectivity index (χ1n) is 10.6. The molecule has 3 saturated heterocycles. The Balaban J connectivity index is 0.000000360. The lowest BCUT2D eigenvalue weighted by Crippen LogP contribution is -2.48. The van der Waals surface area contributed by atoms with Gasteiger partial charge < -0.3 is 14.7 Å². The number of hydrogen-bond acceptors (Lipinski definition) is 5. The average Bonchev–Trinajstić information content (AvgIpc) is 3.16. The Hall–Kier alpha value is -2.27. The molecule has 0 unspecified atom stereocenters. The Morgan fingerprint density at radius 3 is 2.47 bits per heavy atom. The van der Waals surface area contributed by atoms with Crippen molar-refractivity contribution in [2.45, 2.75) is 31.7 Å². The first-order chi connectivity index (χ1) is 15.1. The van der Waals surface area contributed by atoms with E-state index in [1.54, 1.807) is 6.20 Å². The normalized spacial score (nSPS) is 26.8. The van der Waals surface area contributed by atoms with E-state index in [9.17, 15) is 22.4 Å². The van der Waals surface area contributed by atoms with Gasteiger partial charge in [-0.25, -0.2) is 9.18 Å². The molecule has 3 aliphatic rings. The number of carbonyl (C=O) groups is 2. The van der Waals surface area contributed by atoms with Gasteiger partial charge in [0.15, 0.2) is 0 Å². The van der Waals surface area contributed by atoms with Gasteiger partial charge in [-0.2, -0.15) is 13.2 Å². The van der Waals surface area contributed by atoms with E-state index in [1.165, 1.54) is 5.56 Å². The Kier molecular flexibility index (Phi) is 8.05. The summed E-state index contributed by atoms with van der Waals surface area (Å²) in [6, 6.07) is 4.05. The number of carbonyl (C=O) groups excluding carboxylic acids is 1. The predicted molar refractivity (Wildman–Crippen MR) is 105 cm³/mol. The van der Waals surface area contributed by atoms with Crippen LogP contribution >= 0.6 is 0 Å². The summed E-state index contributed by atoms with van der Waals surface area (Å²) in [5, 5.41) is 7.12. The van der Waals surface area contributed by atoms with Gasteiger partial charge in [0.2, 0.25) is 5.91 Å². The molecule has 0 bridgehead atoms. The highest BCUT2D eigenvalue weighted by molar-refractivity contribution is 5.79. The molecule has 0 saturated carbocycles. The zero-order valence-corrected chi connectivity index (χ0v) is 17.5. The largest absolute Gasteiger partial charge is 0.490 e. The van der Waals surface area contributed by atoms with Crippen molar-refractivity contribution in [1.82, 2.24) is 14.8 Å². The van der Waals surface area contributed by atoms with E-state index in [0.717, 1.165) is 26.2 Å². The number of piperidine rings is 1. The summed E-state index contributed by atoms with van der Waals surface area (Å²) in [6.07, 6.45) is -1.19. The number of nitrogens with zero attached hydrogens (tertiary/aromatic N) is 3. The highest BCUT2D eigenvalue weighted by Crippen LogP contribution is 2.36. The highest BCUT2D eigenvalue weighted by Gasteiger charge is 2.45. The molecule has 3 atom stereocenters. The molecule has 7 nitrogen and oxygen atoms in total. The van der Waals surface area contributed by atoms with E-state index < -0.39 is 18.3 Å². The van der Waals surface area contributed by atoms with Crippen molar-refractivity contribution in [3.63, 3.8) is 0 Å². The number of alkyl halides is 4. The maximum absolute atomic E-state index is 13.4. The number of hydrogen-bond donors (Lipinski definition) is 1. The molecular weight excluding hydrogens is 434 g/mol. The lowest BCUT2D eigenvalue weighted by atomic mass is 9.81. The number of pyridine rings is 1. The molecule has 1 N–H and O–H groups in total. The van der Waals surface area contributed by atoms with Crippen LogP contribution in [-0.2, 0) is 20.9 Å². The minimum Gasteiger partial charge on any atom is -0.475 e. The fraction of sp³-hybridized carbons (Fsp3) is 0.667. The SMILES string of the molecule is O=C(O)C(F)(F)F.O=C([C@@H]1COC[C@H]2CN(Cc3cccnc3)C[C@H]21)N1CCC(F)CC1. The Labute approximate surface area is 183 Å². The van der Waals surface area contributed by atoms with Crippen molar-refractivity contribution in [1.29, 1.82) is 0 Å². The second-order valence-corrected chi connectivity index (χ2v) is 8.43. The van der Waals surface area contributed by atoms with Crippen molar-refractivity contribution >= 4 is 11.9 Å². The number of aromatic nitrogens is 1. The zero-order valence-electron chi connectivity index (χ0n) is 17.5. The molecule has 0 spiro atoms. The second kappa shape index (κ2) is 10.6. The second-order valence-electron chi connectivity index (χ2n) is 8.43. The summed E-state index contributed by atoms with van der Waals surface area (Å²) < 4.78 is 50.9. The number of ether oxygens (including phenoxy) is 1. The number of fused-ring (bicyclic) bond motifs is 1. The van der Waals surface area contributed by atoms with Gasteiger partial charge in [0, 0.05) is 45.1 Å². The van der Waals surface area contributed by atoms with Crippen LogP contribution in [0.25, 0.3) is 0 Å². The van der Waals surface area contributed by atoms with Gasteiger partial charge in [0.25, 0.3) is 0 Å². The first kappa shape index (κ1) is 24.4. The molecule has 3 fully saturated rings. The van der Waals surface area contributed by atoms with Crippen LogP contribution in [0.4, 0.5) is 17.6 Å². The minimum atomic E-state index is -5.08. The molecule has 11 heteroatoms. The number of halogens is 4. The van der Waals surface area contributed by atoms with Gasteiger partial charge in [0.05, 0.1) is 19.1 Å². The van der Waals surface area contributed by atoms with E-state index in [2.05, 4.69) is 16.0 Å². The van der Waals surface area contributed by atoms with Crippen molar-refractivity contribution in [2.75, 3.05) is 39.4 Å². The van der Waals surface area contributed by atoms with Crippen LogP contribution in [0.15, 0.2) is 24.5 Å². The number of likely N-dealkylation sites (tertiary alicyclic amines) is 2. The summed E-state index contributed by atoms with van der Waals surface area (Å²) in [7, 11) is 0. The summed E-state index contributed by atoms with van der Waals surface area (Å²) >= 11 is 0. The number of aliphatic carboxylic acids is 1. The van der Waals surface area contributed by atoms with E-state index in [-0.39, 0.29) is 11.8 Å². The van der Waals surface area contributed by atoms with Crippen LogP contribution in [0.1, 0.15) is 18.4 Å². The molecule has 32 heavy (non-hydrogen) atoms. The fourth-order valence-corrected chi connectivity index (χ4v) is 4.53. The number of carboxylic acid groups (broad SMARTS) is 1. The maximum Gasteiger partial charge on any atom is 0.490 e. The third-order valence-electron chi connectivity index (χ3n) is 6.14. The van der Waals surface area contributed by atoms with E-state index in [1.807, 2.05) is 17.2 Å². The third-order valence-corrected chi connectivity index (χ3v) is 6.14. The fourth-order valence-electron chi connectivity index (χ4n) is 4.53.